The first kappa shape index (κ1) is 16.3. The number of nitrogens with zero attached hydrogens (tertiary/aromatic N) is 1. The zero-order valence-electron chi connectivity index (χ0n) is 12.6. The minimum absolute atomic E-state index is 0.281. The van der Waals surface area contributed by atoms with Gasteiger partial charge in [-0.2, -0.15) is 0 Å². The third-order valence-electron chi connectivity index (χ3n) is 3.41. The number of hydrogen-bond acceptors (Lipinski definition) is 4. The van der Waals surface area contributed by atoms with Gasteiger partial charge in [-0.05, 0) is 23.3 Å². The van der Waals surface area contributed by atoms with Crippen LogP contribution in [-0.4, -0.2) is 16.0 Å². The number of aliphatic hydroxyl groups excluding tert-OH is 1. The summed E-state index contributed by atoms with van der Waals surface area (Å²) >= 11 is 1.30. The lowest BCUT2D eigenvalue weighted by molar-refractivity contribution is -0.124. The van der Waals surface area contributed by atoms with Crippen LogP contribution in [0.2, 0.25) is 0 Å². The number of amides is 1. The van der Waals surface area contributed by atoms with E-state index in [1.807, 2.05) is 12.1 Å². The molecule has 2 aromatic carbocycles. The van der Waals surface area contributed by atoms with Crippen LogP contribution in [0, 0.1) is 5.82 Å². The van der Waals surface area contributed by atoms with Gasteiger partial charge in [0.15, 0.2) is 11.2 Å². The first-order chi connectivity index (χ1) is 11.6. The van der Waals surface area contributed by atoms with Crippen LogP contribution in [0.3, 0.4) is 0 Å². The number of halogens is 1. The standard InChI is InChI=1S/C18H15FN2O2S/c19-14-8-4-5-12(9-14)10-15-11-20-18(24-15)21-17(23)16(22)13-6-2-1-3-7-13/h1-9,11,16,22H,10H2,(H,20,21,23). The second kappa shape index (κ2) is 7.33. The van der Waals surface area contributed by atoms with Crippen molar-refractivity contribution in [1.29, 1.82) is 0 Å². The van der Waals surface area contributed by atoms with Crippen LogP contribution in [0.4, 0.5) is 9.52 Å². The van der Waals surface area contributed by atoms with Crippen molar-refractivity contribution in [2.24, 2.45) is 0 Å². The Morgan fingerprint density at radius 3 is 2.75 bits per heavy atom. The van der Waals surface area contributed by atoms with E-state index in [1.54, 1.807) is 36.5 Å². The van der Waals surface area contributed by atoms with Gasteiger partial charge in [0, 0.05) is 17.5 Å². The smallest absolute Gasteiger partial charge is 0.259 e. The summed E-state index contributed by atoms with van der Waals surface area (Å²) in [5.74, 6) is -0.815. The fourth-order valence-electron chi connectivity index (χ4n) is 2.26. The average molecular weight is 342 g/mol. The largest absolute Gasteiger partial charge is 0.378 e. The van der Waals surface area contributed by atoms with Crippen molar-refractivity contribution < 1.29 is 14.3 Å². The number of anilines is 1. The Bertz CT molecular complexity index is 836. The van der Waals surface area contributed by atoms with Crippen molar-refractivity contribution in [2.45, 2.75) is 12.5 Å². The highest BCUT2D eigenvalue weighted by Gasteiger charge is 2.18. The lowest BCUT2D eigenvalue weighted by atomic mass is 10.1. The molecule has 0 saturated carbocycles. The summed E-state index contributed by atoms with van der Waals surface area (Å²) in [6.45, 7) is 0. The van der Waals surface area contributed by atoms with E-state index in [0.717, 1.165) is 10.4 Å². The van der Waals surface area contributed by atoms with Crippen LogP contribution >= 0.6 is 11.3 Å². The van der Waals surface area contributed by atoms with Gasteiger partial charge in [-0.3, -0.25) is 10.1 Å². The molecule has 0 saturated heterocycles. The van der Waals surface area contributed by atoms with E-state index in [2.05, 4.69) is 10.3 Å². The Balaban J connectivity index is 1.64. The molecule has 0 bridgehead atoms. The second-order valence-corrected chi connectivity index (χ2v) is 6.36. The van der Waals surface area contributed by atoms with Gasteiger partial charge in [-0.15, -0.1) is 11.3 Å². The number of aromatic nitrogens is 1. The van der Waals surface area contributed by atoms with Gasteiger partial charge in [0.05, 0.1) is 0 Å². The maximum absolute atomic E-state index is 13.2. The fraction of sp³-hybridized carbons (Fsp3) is 0.111. The normalized spacial score (nSPS) is 11.9. The van der Waals surface area contributed by atoms with Gasteiger partial charge in [0.2, 0.25) is 0 Å². The Kier molecular flexibility index (Phi) is 4.98. The maximum atomic E-state index is 13.2. The summed E-state index contributed by atoms with van der Waals surface area (Å²) < 4.78 is 13.2. The summed E-state index contributed by atoms with van der Waals surface area (Å²) in [7, 11) is 0. The number of aliphatic hydroxyl groups is 1. The van der Waals surface area contributed by atoms with E-state index < -0.39 is 12.0 Å². The van der Waals surface area contributed by atoms with Crippen LogP contribution in [0.5, 0.6) is 0 Å². The SMILES string of the molecule is O=C(Nc1ncc(Cc2cccc(F)c2)s1)C(O)c1ccccc1. The molecule has 3 rings (SSSR count). The van der Waals surface area contributed by atoms with Crippen LogP contribution in [0.15, 0.2) is 60.8 Å². The molecule has 24 heavy (non-hydrogen) atoms. The molecule has 4 nitrogen and oxygen atoms in total. The topological polar surface area (TPSA) is 62.2 Å². The lowest BCUT2D eigenvalue weighted by Gasteiger charge is -2.09. The molecule has 1 amide bonds. The molecular weight excluding hydrogens is 327 g/mol. The van der Waals surface area contributed by atoms with Gasteiger partial charge in [-0.1, -0.05) is 42.5 Å². The quantitative estimate of drug-likeness (QED) is 0.745. The molecule has 1 heterocycles. The van der Waals surface area contributed by atoms with Crippen LogP contribution in [0.1, 0.15) is 22.1 Å². The van der Waals surface area contributed by atoms with Gasteiger partial charge in [0.25, 0.3) is 5.91 Å². The highest BCUT2D eigenvalue weighted by Crippen LogP contribution is 2.23. The molecule has 122 valence electrons. The Morgan fingerprint density at radius 2 is 2.00 bits per heavy atom. The van der Waals surface area contributed by atoms with Crippen molar-refractivity contribution in [3.05, 3.63) is 82.6 Å². The number of nitrogens with one attached hydrogen (secondary N) is 1. The van der Waals surface area contributed by atoms with E-state index in [4.69, 9.17) is 0 Å². The zero-order valence-corrected chi connectivity index (χ0v) is 13.5. The molecule has 0 aliphatic heterocycles. The molecule has 1 unspecified atom stereocenters. The predicted octanol–water partition coefficient (Wildman–Crippen LogP) is 3.55. The van der Waals surface area contributed by atoms with Crippen LogP contribution < -0.4 is 5.32 Å². The van der Waals surface area contributed by atoms with Gasteiger partial charge >= 0.3 is 0 Å². The first-order valence-electron chi connectivity index (χ1n) is 7.35. The third-order valence-corrected chi connectivity index (χ3v) is 4.33. The number of benzene rings is 2. The molecular formula is C18H15FN2O2S. The van der Waals surface area contributed by atoms with Crippen molar-refractivity contribution in [1.82, 2.24) is 4.98 Å². The molecule has 0 aliphatic rings. The van der Waals surface area contributed by atoms with E-state index >= 15 is 0 Å². The minimum Gasteiger partial charge on any atom is -0.378 e. The number of carbonyl (C=O) groups excluding carboxylic acids is 1. The molecule has 3 aromatic rings. The van der Waals surface area contributed by atoms with E-state index in [9.17, 15) is 14.3 Å². The number of rotatable bonds is 5. The van der Waals surface area contributed by atoms with Gasteiger partial charge in [0.1, 0.15) is 5.82 Å². The molecule has 0 radical (unpaired) electrons. The number of carbonyl (C=O) groups is 1. The van der Waals surface area contributed by atoms with E-state index in [-0.39, 0.29) is 5.82 Å². The summed E-state index contributed by atoms with van der Waals surface area (Å²) in [5.41, 5.74) is 1.35. The molecule has 0 fully saturated rings. The van der Waals surface area contributed by atoms with Crippen molar-refractivity contribution >= 4 is 22.4 Å². The zero-order chi connectivity index (χ0) is 16.9. The Morgan fingerprint density at radius 1 is 1.21 bits per heavy atom. The average Bonchev–Trinajstić information content (AvgIpc) is 3.02. The summed E-state index contributed by atoms with van der Waals surface area (Å²) in [6, 6.07) is 15.0. The maximum Gasteiger partial charge on any atom is 0.259 e. The lowest BCUT2D eigenvalue weighted by Crippen LogP contribution is -2.20. The summed E-state index contributed by atoms with van der Waals surface area (Å²) in [6.07, 6.45) is 0.925. The Labute approximate surface area is 142 Å². The van der Waals surface area contributed by atoms with Crippen molar-refractivity contribution in [3.63, 3.8) is 0 Å². The minimum atomic E-state index is -1.25. The summed E-state index contributed by atoms with van der Waals surface area (Å²) in [4.78, 5) is 17.1. The molecule has 2 N–H and O–H groups in total. The van der Waals surface area contributed by atoms with Crippen LogP contribution in [-0.2, 0) is 11.2 Å². The van der Waals surface area contributed by atoms with Gasteiger partial charge in [-0.25, -0.2) is 9.37 Å². The Hall–Kier alpha value is -2.57. The molecule has 1 aromatic heterocycles. The molecule has 0 spiro atoms. The third kappa shape index (κ3) is 4.04. The van der Waals surface area contributed by atoms with Crippen molar-refractivity contribution in [2.75, 3.05) is 5.32 Å². The van der Waals surface area contributed by atoms with E-state index in [1.165, 1.54) is 23.5 Å². The monoisotopic (exact) mass is 342 g/mol. The highest BCUT2D eigenvalue weighted by atomic mass is 32.1. The molecule has 6 heteroatoms. The predicted molar refractivity (Wildman–Crippen MR) is 91.4 cm³/mol. The van der Waals surface area contributed by atoms with Gasteiger partial charge < -0.3 is 5.11 Å². The van der Waals surface area contributed by atoms with Crippen LogP contribution in [0.25, 0.3) is 0 Å². The van der Waals surface area contributed by atoms with Crippen molar-refractivity contribution in [3.8, 4) is 0 Å². The second-order valence-electron chi connectivity index (χ2n) is 5.24. The fourth-order valence-corrected chi connectivity index (χ4v) is 3.11. The number of hydrogen-bond donors (Lipinski definition) is 2. The highest BCUT2D eigenvalue weighted by molar-refractivity contribution is 7.15. The van der Waals surface area contributed by atoms with E-state index in [0.29, 0.717) is 17.1 Å². The first-order valence-corrected chi connectivity index (χ1v) is 8.16. The summed E-state index contributed by atoms with van der Waals surface area (Å²) in [5, 5.41) is 13.1. The number of thiazole rings is 1. The molecule has 1 atom stereocenters. The molecule has 0 aliphatic carbocycles.